The molecule has 0 aromatic heterocycles. The van der Waals surface area contributed by atoms with Gasteiger partial charge in [-0.3, -0.25) is 77.9 Å². The lowest BCUT2D eigenvalue weighted by Gasteiger charge is -2.31. The van der Waals surface area contributed by atoms with E-state index in [1.54, 1.807) is 79.7 Å². The lowest BCUT2D eigenvalue weighted by molar-refractivity contribution is -0.137. The number of phenolic OH excluding ortho intramolecular Hbond substituents is 4. The Labute approximate surface area is 741 Å². The number of benzene rings is 4. The summed E-state index contributed by atoms with van der Waals surface area (Å²) in [5.74, 6) is -14.0. The number of phenols is 4. The second-order valence-corrected chi connectivity index (χ2v) is 32.9. The van der Waals surface area contributed by atoms with Crippen LogP contribution in [0.3, 0.4) is 0 Å². The fourth-order valence-electron chi connectivity index (χ4n) is 13.5. The number of guanidine groups is 2. The van der Waals surface area contributed by atoms with Crippen LogP contribution in [0.5, 0.6) is 23.0 Å². The first-order chi connectivity index (χ1) is 60.1. The molecule has 39 heteroatoms. The lowest BCUT2D eigenvalue weighted by atomic mass is 9.95. The Hall–Kier alpha value is -12.8. The van der Waals surface area contributed by atoms with Crippen LogP contribution < -0.4 is 103 Å². The highest BCUT2D eigenvalue weighted by Gasteiger charge is 2.39. The molecular formula is C88H135N21O18. The van der Waals surface area contributed by atoms with Crippen LogP contribution in [0.25, 0.3) is 0 Å². The highest BCUT2D eigenvalue weighted by Crippen LogP contribution is 2.21. The molecule has 700 valence electrons. The summed E-state index contributed by atoms with van der Waals surface area (Å²) >= 11 is 0. The van der Waals surface area contributed by atoms with Crippen molar-refractivity contribution in [3.05, 3.63) is 119 Å². The van der Waals surface area contributed by atoms with Gasteiger partial charge in [0.25, 0.3) is 0 Å². The van der Waals surface area contributed by atoms with Crippen LogP contribution in [0.4, 0.5) is 0 Å². The Morgan fingerprint density at radius 3 is 1.02 bits per heavy atom. The summed E-state index contributed by atoms with van der Waals surface area (Å²) in [6.07, 6.45) is 2.98. The Morgan fingerprint density at radius 1 is 0.323 bits per heavy atom. The third-order valence-electron chi connectivity index (χ3n) is 21.1. The van der Waals surface area contributed by atoms with E-state index in [2.05, 4.69) is 74.4 Å². The van der Waals surface area contributed by atoms with Crippen molar-refractivity contribution < 1.29 is 87.5 Å². The minimum absolute atomic E-state index is 0.0197. The summed E-state index contributed by atoms with van der Waals surface area (Å²) in [5, 5.41) is 92.9. The summed E-state index contributed by atoms with van der Waals surface area (Å²) in [7, 11) is 0. The standard InChI is InChI=1S/C88H135N21O18/c1-9-52(7)74(85(126)106-69(48-57-29-37-61(113)38-30-57)81(122)102-64(20-18-42-99-88(94)95)79(120)104-66(43-50(3)4)80(121)101-63(19-17-41-98-87(92)93)78(119)103-65(76(91)117)46-55-25-33-59(111)34-26-55)108-83(124)67(44-51(5)6)105-82(123)70(49-71(90)114)107-86(127)75(53(8)10-2)109-84(125)68(47-56-27-35-60(112)36-28-56)100-73(116)22-14-12-15-39-96-72(115)21-13-11-16-40-97-77(118)62(89)45-54-23-31-58(110)32-24-54/h23-38,50-53,62-70,74-75,110-113H,9-22,39-49,89H2,1-8H3,(H2,90,114)(H2,91,117)(H,96,115)(H,97,118)(H,100,116)(H,101,121)(H,102,122)(H,103,119)(H,104,120)(H,105,123)(H,106,126)(H,107,127)(H,108,124)(H,109,125)(H4,92,93,98)(H4,94,95,99)/t52-,53-,62-,63-,64-,65-,66-,67-,68-,69-,70-,74-,75-/m0/s1. The normalized spacial score (nSPS) is 14.2. The topological polar surface area (TPSA) is 666 Å². The van der Waals surface area contributed by atoms with E-state index in [4.69, 9.17) is 39.5 Å². The molecule has 4 aromatic rings. The second-order valence-electron chi connectivity index (χ2n) is 32.9. The first-order valence-corrected chi connectivity index (χ1v) is 43.3. The first-order valence-electron chi connectivity index (χ1n) is 43.3. The molecule has 0 saturated carbocycles. The molecule has 39 nitrogen and oxygen atoms in total. The number of amides is 14. The molecule has 0 saturated heterocycles. The number of nitrogens with one attached hydrogen (secondary N) is 16. The van der Waals surface area contributed by atoms with Gasteiger partial charge in [0.05, 0.1) is 12.5 Å². The number of rotatable bonds is 59. The van der Waals surface area contributed by atoms with Gasteiger partial charge in [-0.2, -0.15) is 0 Å². The zero-order valence-electron chi connectivity index (χ0n) is 74.0. The summed E-state index contributed by atoms with van der Waals surface area (Å²) in [6.45, 7) is 14.6. The van der Waals surface area contributed by atoms with Crippen LogP contribution in [0.2, 0.25) is 0 Å². The molecule has 0 aliphatic carbocycles. The van der Waals surface area contributed by atoms with Crippen molar-refractivity contribution in [1.29, 1.82) is 10.8 Å². The van der Waals surface area contributed by atoms with Gasteiger partial charge in [0.2, 0.25) is 82.7 Å². The van der Waals surface area contributed by atoms with Crippen LogP contribution in [-0.2, 0) is 92.8 Å². The number of hydrogen-bond acceptors (Lipinski definition) is 21. The van der Waals surface area contributed by atoms with Crippen molar-refractivity contribution in [2.75, 3.05) is 26.2 Å². The van der Waals surface area contributed by atoms with Gasteiger partial charge in [0, 0.05) is 58.3 Å². The van der Waals surface area contributed by atoms with Crippen molar-refractivity contribution in [3.8, 4) is 23.0 Å². The van der Waals surface area contributed by atoms with Gasteiger partial charge in [-0.15, -0.1) is 0 Å². The zero-order valence-corrected chi connectivity index (χ0v) is 74.0. The average Bonchev–Trinajstić information content (AvgIpc) is 0.844. The molecule has 0 spiro atoms. The summed E-state index contributed by atoms with van der Waals surface area (Å²) < 4.78 is 0. The molecule has 4 aromatic carbocycles. The van der Waals surface area contributed by atoms with Crippen LogP contribution in [0, 0.1) is 34.5 Å². The van der Waals surface area contributed by atoms with E-state index in [0.717, 1.165) is 5.56 Å². The molecule has 0 radical (unpaired) electrons. The van der Waals surface area contributed by atoms with Gasteiger partial charge in [0.1, 0.15) is 83.4 Å². The van der Waals surface area contributed by atoms with Crippen molar-refractivity contribution >= 4 is 94.6 Å². The largest absolute Gasteiger partial charge is 0.508 e. The Bertz CT molecular complexity index is 4250. The Balaban J connectivity index is 1.53. The monoisotopic (exact) mass is 1770 g/mol. The smallest absolute Gasteiger partial charge is 0.243 e. The maximum atomic E-state index is 15.1. The number of primary amides is 2. The molecule has 30 N–H and O–H groups in total. The Morgan fingerprint density at radius 2 is 0.630 bits per heavy atom. The molecule has 0 aliphatic heterocycles. The van der Waals surface area contributed by atoms with E-state index in [0.29, 0.717) is 74.7 Å². The third-order valence-corrected chi connectivity index (χ3v) is 21.1. The highest BCUT2D eigenvalue weighted by atomic mass is 16.3. The van der Waals surface area contributed by atoms with Crippen LogP contribution >= 0.6 is 0 Å². The van der Waals surface area contributed by atoms with E-state index in [1.165, 1.54) is 72.8 Å². The first kappa shape index (κ1) is 106. The van der Waals surface area contributed by atoms with Crippen LogP contribution in [0.15, 0.2) is 97.1 Å². The summed E-state index contributed by atoms with van der Waals surface area (Å²) in [5.41, 5.74) is 30.9. The third kappa shape index (κ3) is 41.7. The number of carbonyl (C=O) groups is 14. The van der Waals surface area contributed by atoms with E-state index < -0.39 is 162 Å². The van der Waals surface area contributed by atoms with Gasteiger partial charge < -0.3 is 124 Å². The van der Waals surface area contributed by atoms with E-state index in [-0.39, 0.29) is 149 Å². The predicted octanol–water partition coefficient (Wildman–Crippen LogP) is 0.380. The lowest BCUT2D eigenvalue weighted by Crippen LogP contribution is -2.62. The number of nitrogens with two attached hydrogens (primary N) is 5. The molecule has 0 heterocycles. The fraction of sp³-hybridized carbons (Fsp3) is 0.545. The maximum absolute atomic E-state index is 15.1. The quantitative estimate of drug-likeness (QED) is 0.0161. The van der Waals surface area contributed by atoms with Gasteiger partial charge in [-0.25, -0.2) is 0 Å². The molecule has 0 fully saturated rings. The molecule has 4 rings (SSSR count). The second kappa shape index (κ2) is 56.2. The number of aromatic hydroxyl groups is 4. The predicted molar refractivity (Wildman–Crippen MR) is 477 cm³/mol. The summed E-state index contributed by atoms with van der Waals surface area (Å²) in [6, 6.07) is 8.43. The average molecular weight is 1780 g/mol. The van der Waals surface area contributed by atoms with E-state index in [9.17, 15) is 78.0 Å². The Kier molecular flexibility index (Phi) is 47.1. The van der Waals surface area contributed by atoms with E-state index >= 15 is 9.59 Å². The molecule has 127 heavy (non-hydrogen) atoms. The number of unbranched alkanes of at least 4 members (excludes halogenated alkanes) is 4. The minimum atomic E-state index is -1.77. The molecule has 0 unspecified atom stereocenters. The van der Waals surface area contributed by atoms with Crippen molar-refractivity contribution in [3.63, 3.8) is 0 Å². The van der Waals surface area contributed by atoms with Crippen molar-refractivity contribution in [2.45, 2.75) is 257 Å². The maximum Gasteiger partial charge on any atom is 0.243 e. The van der Waals surface area contributed by atoms with Crippen molar-refractivity contribution in [2.24, 2.45) is 52.3 Å². The van der Waals surface area contributed by atoms with Gasteiger partial charge in [-0.05, 0) is 165 Å². The van der Waals surface area contributed by atoms with Crippen LogP contribution in [-0.4, -0.2) is 208 Å². The summed E-state index contributed by atoms with van der Waals surface area (Å²) in [4.78, 5) is 197. The minimum Gasteiger partial charge on any atom is -0.508 e. The number of hydrogen-bond donors (Lipinski definition) is 25. The fourth-order valence-corrected chi connectivity index (χ4v) is 13.5. The van der Waals surface area contributed by atoms with Gasteiger partial charge >= 0.3 is 0 Å². The van der Waals surface area contributed by atoms with Gasteiger partial charge in [-0.1, -0.05) is 130 Å². The zero-order chi connectivity index (χ0) is 94.4. The molecule has 14 amide bonds. The van der Waals surface area contributed by atoms with Crippen molar-refractivity contribution in [1.82, 2.24) is 74.4 Å². The molecule has 0 aliphatic rings. The van der Waals surface area contributed by atoms with E-state index in [1.807, 2.05) is 0 Å². The van der Waals surface area contributed by atoms with Crippen LogP contribution in [0.1, 0.15) is 187 Å². The molecule has 0 bridgehead atoms. The highest BCUT2D eigenvalue weighted by molar-refractivity contribution is 6.00. The van der Waals surface area contributed by atoms with Gasteiger partial charge in [0.15, 0.2) is 11.9 Å². The molecule has 13 atom stereocenters. The SMILES string of the molecule is CC[C@H](C)[C@H](NC(=O)[C@H](Cc1ccc(O)cc1)NC(=O)CCCCCNC(=O)CCCCCNC(=O)[C@@H](N)Cc1ccc(O)cc1)C(=O)N[C@@H](CC(N)=O)C(=O)N[C@@H](CC(C)C)C(=O)N[C@H](C(=O)N[C@@H](Cc1ccc(O)cc1)C(=O)N[C@@H](CCCNC(=N)N)C(=O)N[C@@H](CC(C)C)C(=O)N[C@@H](CCCNC(=N)N)C(=O)N[C@@H](Cc1ccc(O)cc1)C(N)=O)[C@@H](C)CC. The number of carbonyl (C=O) groups excluding carboxylic acids is 14. The molecular weight excluding hydrogens is 1640 g/mol.